The Hall–Kier alpha value is -2.52. The third kappa shape index (κ3) is 2.53. The van der Waals surface area contributed by atoms with Gasteiger partial charge in [0.1, 0.15) is 28.5 Å². The molecule has 7 nitrogen and oxygen atoms in total. The lowest BCUT2D eigenvalue weighted by atomic mass is 9.99. The molecule has 1 aliphatic carbocycles. The van der Waals surface area contributed by atoms with Crippen LogP contribution in [0.1, 0.15) is 12.8 Å². The van der Waals surface area contributed by atoms with Gasteiger partial charge in [0.2, 0.25) is 10.0 Å². The normalized spacial score (nSPS) is 21.4. The zero-order chi connectivity index (χ0) is 19.5. The maximum Gasteiger partial charge on any atom is 0.246 e. The van der Waals surface area contributed by atoms with Crippen LogP contribution in [0.2, 0.25) is 0 Å². The van der Waals surface area contributed by atoms with Gasteiger partial charge in [-0.3, -0.25) is 0 Å². The number of H-pyrrole nitrogens is 1. The van der Waals surface area contributed by atoms with E-state index >= 15 is 0 Å². The molecule has 3 heterocycles. The molecule has 1 spiro atoms. The van der Waals surface area contributed by atoms with Crippen LogP contribution in [0.25, 0.3) is 11.0 Å². The number of aromatic amines is 1. The van der Waals surface area contributed by atoms with Gasteiger partial charge in [0.25, 0.3) is 0 Å². The van der Waals surface area contributed by atoms with E-state index in [0.717, 1.165) is 29.7 Å². The largest absolute Gasteiger partial charge is 0.354 e. The van der Waals surface area contributed by atoms with E-state index in [9.17, 15) is 12.8 Å². The quantitative estimate of drug-likeness (QED) is 0.726. The second kappa shape index (κ2) is 5.99. The van der Waals surface area contributed by atoms with Gasteiger partial charge < -0.3 is 9.88 Å². The molecule has 5 rings (SSSR count). The van der Waals surface area contributed by atoms with Crippen LogP contribution in [0.4, 0.5) is 10.2 Å². The van der Waals surface area contributed by atoms with Crippen LogP contribution in [0, 0.1) is 11.2 Å². The highest BCUT2D eigenvalue weighted by atomic mass is 32.2. The SMILES string of the molecule is CN(c1ncnc2[nH]ccc12)C1CN(S(=O)(=O)c2ccccc2F)CC12CC2. The van der Waals surface area contributed by atoms with Crippen molar-refractivity contribution in [1.82, 2.24) is 19.3 Å². The molecule has 1 N–H and O–H groups in total. The van der Waals surface area contributed by atoms with Crippen molar-refractivity contribution in [2.45, 2.75) is 23.8 Å². The fourth-order valence-electron chi connectivity index (χ4n) is 4.36. The summed E-state index contributed by atoms with van der Waals surface area (Å²) in [7, 11) is -1.94. The van der Waals surface area contributed by atoms with Crippen molar-refractivity contribution >= 4 is 26.9 Å². The molecule has 146 valence electrons. The molecule has 2 fully saturated rings. The van der Waals surface area contributed by atoms with Crippen molar-refractivity contribution in [2.24, 2.45) is 5.41 Å². The van der Waals surface area contributed by atoms with Crippen LogP contribution in [0.5, 0.6) is 0 Å². The Morgan fingerprint density at radius 1 is 1.25 bits per heavy atom. The minimum Gasteiger partial charge on any atom is -0.354 e. The second-order valence-corrected chi connectivity index (χ2v) is 9.56. The molecule has 0 amide bonds. The van der Waals surface area contributed by atoms with Crippen LogP contribution < -0.4 is 4.90 Å². The highest BCUT2D eigenvalue weighted by molar-refractivity contribution is 7.89. The number of anilines is 1. The lowest BCUT2D eigenvalue weighted by Gasteiger charge is -2.30. The number of hydrogen-bond donors (Lipinski definition) is 1. The Labute approximate surface area is 162 Å². The predicted octanol–water partition coefficient (Wildman–Crippen LogP) is 2.39. The standard InChI is InChI=1S/C19H20FN5O2S/c1-24(18-13-6-9-21-17(13)22-12-23-18)16-10-25(11-19(16)7-8-19)28(26,27)15-5-3-2-4-14(15)20/h2-6,9,12,16H,7-8,10-11H2,1H3,(H,21,22,23). The monoisotopic (exact) mass is 401 g/mol. The minimum atomic E-state index is -3.89. The lowest BCUT2D eigenvalue weighted by molar-refractivity contribution is 0.442. The molecule has 2 aliphatic rings. The molecule has 0 radical (unpaired) electrons. The zero-order valence-corrected chi connectivity index (χ0v) is 16.2. The molecule has 1 saturated heterocycles. The summed E-state index contributed by atoms with van der Waals surface area (Å²) in [6.07, 6.45) is 5.22. The number of aromatic nitrogens is 3. The number of benzene rings is 1. The molecular formula is C19H20FN5O2S. The molecule has 1 saturated carbocycles. The summed E-state index contributed by atoms with van der Waals surface area (Å²) in [5.74, 6) is 0.0571. The number of likely N-dealkylation sites (N-methyl/N-ethyl adjacent to an activating group) is 1. The van der Waals surface area contributed by atoms with Gasteiger partial charge in [-0.2, -0.15) is 4.31 Å². The summed E-state index contributed by atoms with van der Waals surface area (Å²) >= 11 is 0. The van der Waals surface area contributed by atoms with Crippen LogP contribution in [-0.4, -0.2) is 53.9 Å². The van der Waals surface area contributed by atoms with Gasteiger partial charge >= 0.3 is 0 Å². The molecule has 0 bridgehead atoms. The van der Waals surface area contributed by atoms with Gasteiger partial charge in [-0.25, -0.2) is 22.8 Å². The van der Waals surface area contributed by atoms with Crippen molar-refractivity contribution in [2.75, 3.05) is 25.0 Å². The van der Waals surface area contributed by atoms with Crippen molar-refractivity contribution in [1.29, 1.82) is 0 Å². The first-order chi connectivity index (χ1) is 13.4. The number of sulfonamides is 1. The van der Waals surface area contributed by atoms with Gasteiger partial charge in [-0.05, 0) is 31.0 Å². The molecule has 28 heavy (non-hydrogen) atoms. The summed E-state index contributed by atoms with van der Waals surface area (Å²) in [4.78, 5) is 13.5. The fraction of sp³-hybridized carbons (Fsp3) is 0.368. The Kier molecular flexibility index (Phi) is 3.76. The van der Waals surface area contributed by atoms with E-state index in [2.05, 4.69) is 19.9 Å². The van der Waals surface area contributed by atoms with Gasteiger partial charge in [0.15, 0.2) is 0 Å². The third-order valence-corrected chi connectivity index (χ3v) is 7.90. The fourth-order valence-corrected chi connectivity index (χ4v) is 5.96. The van der Waals surface area contributed by atoms with E-state index in [1.165, 1.54) is 28.8 Å². The average Bonchev–Trinajstić information content (AvgIpc) is 3.12. The number of nitrogens with one attached hydrogen (secondary N) is 1. The minimum absolute atomic E-state index is 0.0259. The molecule has 1 aromatic carbocycles. The smallest absolute Gasteiger partial charge is 0.246 e. The molecule has 3 aromatic rings. The summed E-state index contributed by atoms with van der Waals surface area (Å²) < 4.78 is 41.8. The van der Waals surface area contributed by atoms with Crippen LogP contribution in [0.15, 0.2) is 47.8 Å². The number of rotatable bonds is 4. The summed E-state index contributed by atoms with van der Waals surface area (Å²) in [6.45, 7) is 0.711. The maximum absolute atomic E-state index is 14.2. The first kappa shape index (κ1) is 17.6. The highest BCUT2D eigenvalue weighted by Gasteiger charge is 2.59. The van der Waals surface area contributed by atoms with E-state index in [0.29, 0.717) is 13.1 Å². The Balaban J connectivity index is 1.49. The average molecular weight is 401 g/mol. The summed E-state index contributed by atoms with van der Waals surface area (Å²) in [6, 6.07) is 7.45. The molecule has 9 heteroatoms. The van der Waals surface area contributed by atoms with Crippen LogP contribution in [-0.2, 0) is 10.0 Å². The van der Waals surface area contributed by atoms with Gasteiger partial charge in [-0.1, -0.05) is 12.1 Å². The van der Waals surface area contributed by atoms with Gasteiger partial charge in [-0.15, -0.1) is 0 Å². The highest BCUT2D eigenvalue weighted by Crippen LogP contribution is 2.55. The molecular weight excluding hydrogens is 381 g/mol. The van der Waals surface area contributed by atoms with Crippen LogP contribution in [0.3, 0.4) is 0 Å². The topological polar surface area (TPSA) is 82.2 Å². The van der Waals surface area contributed by atoms with E-state index < -0.39 is 15.8 Å². The van der Waals surface area contributed by atoms with E-state index in [4.69, 9.17) is 0 Å². The first-order valence-electron chi connectivity index (χ1n) is 9.18. The van der Waals surface area contributed by atoms with Crippen LogP contribution >= 0.6 is 0 Å². The van der Waals surface area contributed by atoms with Gasteiger partial charge in [0, 0.05) is 31.7 Å². The number of hydrogen-bond acceptors (Lipinski definition) is 5. The Morgan fingerprint density at radius 2 is 2.04 bits per heavy atom. The summed E-state index contributed by atoms with van der Waals surface area (Å²) in [5, 5.41) is 0.899. The second-order valence-electron chi connectivity index (χ2n) is 7.65. The van der Waals surface area contributed by atoms with Crippen molar-refractivity contribution in [3.8, 4) is 0 Å². The Bertz CT molecular complexity index is 1160. The third-order valence-electron chi connectivity index (χ3n) is 6.06. The van der Waals surface area contributed by atoms with Crippen molar-refractivity contribution in [3.05, 3.63) is 48.7 Å². The lowest BCUT2D eigenvalue weighted by Crippen LogP contribution is -2.40. The van der Waals surface area contributed by atoms with E-state index in [-0.39, 0.29) is 16.4 Å². The van der Waals surface area contributed by atoms with E-state index in [1.54, 1.807) is 6.07 Å². The first-order valence-corrected chi connectivity index (χ1v) is 10.6. The molecule has 2 aromatic heterocycles. The van der Waals surface area contributed by atoms with Crippen molar-refractivity contribution in [3.63, 3.8) is 0 Å². The Morgan fingerprint density at radius 3 is 2.79 bits per heavy atom. The summed E-state index contributed by atoms with van der Waals surface area (Å²) in [5.41, 5.74) is 0.635. The number of fused-ring (bicyclic) bond motifs is 1. The number of halogens is 1. The van der Waals surface area contributed by atoms with Crippen molar-refractivity contribution < 1.29 is 12.8 Å². The molecule has 1 aliphatic heterocycles. The molecule has 1 unspecified atom stereocenters. The molecule has 1 atom stereocenters. The maximum atomic E-state index is 14.2. The van der Waals surface area contributed by atoms with Gasteiger partial charge in [0.05, 0.1) is 11.4 Å². The predicted molar refractivity (Wildman–Crippen MR) is 103 cm³/mol. The van der Waals surface area contributed by atoms with E-state index in [1.807, 2.05) is 19.3 Å². The number of nitrogens with zero attached hydrogens (tertiary/aromatic N) is 4. The zero-order valence-electron chi connectivity index (χ0n) is 15.3.